The summed E-state index contributed by atoms with van der Waals surface area (Å²) in [7, 11) is 0. The second-order valence-electron chi connectivity index (χ2n) is 8.54. The van der Waals surface area contributed by atoms with Crippen LogP contribution >= 0.6 is 0 Å². The number of nitrogens with one attached hydrogen (secondary N) is 1. The molecular formula is C24H29N5O. The molecular weight excluding hydrogens is 374 g/mol. The molecule has 0 radical (unpaired) electrons. The third-order valence-corrected chi connectivity index (χ3v) is 6.63. The number of carbonyl (C=O) groups excluding carboxylic acids is 1. The molecule has 30 heavy (non-hydrogen) atoms. The first-order chi connectivity index (χ1) is 14.7. The summed E-state index contributed by atoms with van der Waals surface area (Å²) in [4.78, 5) is 24.8. The minimum Gasteiger partial charge on any atom is -0.383 e. The van der Waals surface area contributed by atoms with Crippen LogP contribution in [0.15, 0.2) is 35.5 Å². The maximum atomic E-state index is 13.0. The van der Waals surface area contributed by atoms with Gasteiger partial charge in [-0.3, -0.25) is 4.79 Å². The number of allylic oxidation sites excluding steroid dienone is 2. The molecule has 6 heteroatoms. The average Bonchev–Trinajstić information content (AvgIpc) is 2.78. The Labute approximate surface area is 177 Å². The van der Waals surface area contributed by atoms with Crippen LogP contribution in [-0.2, 0) is 11.2 Å². The van der Waals surface area contributed by atoms with Crippen molar-refractivity contribution in [2.24, 2.45) is 0 Å². The van der Waals surface area contributed by atoms with E-state index in [1.54, 1.807) is 0 Å². The number of carbonyl (C=O) groups is 1. The van der Waals surface area contributed by atoms with E-state index >= 15 is 0 Å². The number of hydrogen-bond acceptors (Lipinski definition) is 6. The monoisotopic (exact) mass is 403 g/mol. The van der Waals surface area contributed by atoms with Gasteiger partial charge >= 0.3 is 0 Å². The number of nitrogens with zero attached hydrogens (tertiary/aromatic N) is 3. The van der Waals surface area contributed by atoms with E-state index in [1.165, 1.54) is 12.0 Å². The van der Waals surface area contributed by atoms with Crippen molar-refractivity contribution in [2.45, 2.75) is 57.8 Å². The van der Waals surface area contributed by atoms with Gasteiger partial charge in [0.05, 0.1) is 0 Å². The number of hydrogen-bond donors (Lipinski definition) is 2. The van der Waals surface area contributed by atoms with Gasteiger partial charge < -0.3 is 16.0 Å². The number of piperidine rings is 1. The summed E-state index contributed by atoms with van der Waals surface area (Å²) in [5.41, 5.74) is 11.6. The summed E-state index contributed by atoms with van der Waals surface area (Å²) in [5.74, 6) is 1.94. The first-order valence-electron chi connectivity index (χ1n) is 11.2. The van der Waals surface area contributed by atoms with Gasteiger partial charge in [-0.05, 0) is 49.7 Å². The highest BCUT2D eigenvalue weighted by Gasteiger charge is 2.38. The number of benzene rings is 1. The molecule has 1 aliphatic carbocycles. The lowest BCUT2D eigenvalue weighted by atomic mass is 9.76. The van der Waals surface area contributed by atoms with Crippen molar-refractivity contribution in [3.63, 3.8) is 0 Å². The van der Waals surface area contributed by atoms with Crippen LogP contribution in [0.25, 0.3) is 0 Å². The Morgan fingerprint density at radius 2 is 1.83 bits per heavy atom. The van der Waals surface area contributed by atoms with Crippen molar-refractivity contribution in [1.29, 1.82) is 0 Å². The molecule has 0 saturated carbocycles. The quantitative estimate of drug-likeness (QED) is 0.800. The fourth-order valence-electron chi connectivity index (χ4n) is 4.98. The van der Waals surface area contributed by atoms with E-state index in [0.717, 1.165) is 73.4 Å². The van der Waals surface area contributed by atoms with Crippen LogP contribution in [0.1, 0.15) is 68.1 Å². The first-order valence-corrected chi connectivity index (χ1v) is 11.2. The normalized spacial score (nSPS) is 21.2. The van der Waals surface area contributed by atoms with E-state index in [1.807, 2.05) is 0 Å². The minimum absolute atomic E-state index is 0.203. The van der Waals surface area contributed by atoms with Gasteiger partial charge in [0.2, 0.25) is 5.95 Å². The number of Topliss-reactive ketones (excluding diaryl/α,β-unsaturated/α-hetero) is 1. The molecule has 0 bridgehead atoms. The molecule has 0 spiro atoms. The van der Waals surface area contributed by atoms with E-state index in [9.17, 15) is 4.79 Å². The molecule has 1 saturated heterocycles. The van der Waals surface area contributed by atoms with Crippen LogP contribution in [0, 0.1) is 0 Å². The van der Waals surface area contributed by atoms with Crippen molar-refractivity contribution in [3.8, 4) is 0 Å². The Balaban J connectivity index is 1.64. The predicted octanol–water partition coefficient (Wildman–Crippen LogP) is 4.18. The number of aryl methyl sites for hydroxylation is 1. The van der Waals surface area contributed by atoms with E-state index in [0.29, 0.717) is 18.2 Å². The average molecular weight is 404 g/mol. The molecule has 5 rings (SSSR count). The Hall–Kier alpha value is -2.89. The zero-order chi connectivity index (χ0) is 20.7. The summed E-state index contributed by atoms with van der Waals surface area (Å²) >= 11 is 0. The van der Waals surface area contributed by atoms with Gasteiger partial charge in [0.25, 0.3) is 0 Å². The molecule has 1 fully saturated rings. The van der Waals surface area contributed by atoms with E-state index in [4.69, 9.17) is 15.7 Å². The maximum Gasteiger partial charge on any atom is 0.229 e. The molecule has 1 atom stereocenters. The Morgan fingerprint density at radius 3 is 2.57 bits per heavy atom. The van der Waals surface area contributed by atoms with Gasteiger partial charge in [0.1, 0.15) is 11.6 Å². The Kier molecular flexibility index (Phi) is 4.93. The maximum absolute atomic E-state index is 13.0. The summed E-state index contributed by atoms with van der Waals surface area (Å²) < 4.78 is 0. The molecule has 0 amide bonds. The second-order valence-corrected chi connectivity index (χ2v) is 8.54. The Morgan fingerprint density at radius 1 is 1.07 bits per heavy atom. The topological polar surface area (TPSA) is 84.1 Å². The molecule has 1 aromatic carbocycles. The highest BCUT2D eigenvalue weighted by Crippen LogP contribution is 2.47. The zero-order valence-electron chi connectivity index (χ0n) is 17.6. The summed E-state index contributed by atoms with van der Waals surface area (Å²) in [6, 6.07) is 8.54. The molecule has 3 aliphatic rings. The first kappa shape index (κ1) is 19.1. The van der Waals surface area contributed by atoms with Crippen LogP contribution in [0.4, 0.5) is 17.6 Å². The van der Waals surface area contributed by atoms with Crippen LogP contribution in [-0.4, -0.2) is 28.8 Å². The van der Waals surface area contributed by atoms with Crippen molar-refractivity contribution >= 4 is 23.4 Å². The Bertz CT molecular complexity index is 1010. The summed E-state index contributed by atoms with van der Waals surface area (Å²) in [6.07, 6.45) is 6.89. The molecule has 1 aromatic heterocycles. The van der Waals surface area contributed by atoms with E-state index in [-0.39, 0.29) is 11.7 Å². The number of rotatable bonds is 3. The van der Waals surface area contributed by atoms with Gasteiger partial charge in [-0.15, -0.1) is 0 Å². The van der Waals surface area contributed by atoms with Gasteiger partial charge in [0, 0.05) is 42.3 Å². The smallest absolute Gasteiger partial charge is 0.229 e. The zero-order valence-corrected chi connectivity index (χ0v) is 17.6. The second kappa shape index (κ2) is 7.74. The number of nitrogens with two attached hydrogens (primary N) is 1. The minimum atomic E-state index is -0.203. The highest BCUT2D eigenvalue weighted by atomic mass is 16.1. The number of anilines is 3. The van der Waals surface area contributed by atoms with Gasteiger partial charge in [0.15, 0.2) is 5.78 Å². The molecule has 6 nitrogen and oxygen atoms in total. The fraction of sp³-hybridized carbons (Fsp3) is 0.458. The van der Waals surface area contributed by atoms with E-state index < -0.39 is 0 Å². The summed E-state index contributed by atoms with van der Waals surface area (Å²) in [6.45, 7) is 4.08. The van der Waals surface area contributed by atoms with Crippen LogP contribution in [0.3, 0.4) is 0 Å². The van der Waals surface area contributed by atoms with Crippen molar-refractivity contribution in [1.82, 2.24) is 9.97 Å². The lowest BCUT2D eigenvalue weighted by molar-refractivity contribution is -0.116. The van der Waals surface area contributed by atoms with Gasteiger partial charge in [-0.25, -0.2) is 0 Å². The number of ketones is 1. The van der Waals surface area contributed by atoms with Crippen molar-refractivity contribution in [2.75, 3.05) is 29.0 Å². The van der Waals surface area contributed by atoms with E-state index in [2.05, 4.69) is 41.4 Å². The number of nitrogen functional groups attached to an aromatic ring is 1. The SMILES string of the molecule is CCc1ccc(C2C3=C(CCCC3=O)Nc3nc(N4CCCCC4)nc(N)c32)cc1. The van der Waals surface area contributed by atoms with Crippen molar-refractivity contribution < 1.29 is 4.79 Å². The highest BCUT2D eigenvalue weighted by molar-refractivity contribution is 6.01. The number of fused-ring (bicyclic) bond motifs is 1. The fourth-order valence-corrected chi connectivity index (χ4v) is 4.98. The number of aromatic nitrogens is 2. The molecule has 3 N–H and O–H groups in total. The largest absolute Gasteiger partial charge is 0.383 e. The molecule has 2 aliphatic heterocycles. The lowest BCUT2D eigenvalue weighted by Gasteiger charge is -2.35. The predicted molar refractivity (Wildman–Crippen MR) is 120 cm³/mol. The molecule has 3 heterocycles. The third-order valence-electron chi connectivity index (χ3n) is 6.63. The van der Waals surface area contributed by atoms with Crippen LogP contribution in [0.2, 0.25) is 0 Å². The van der Waals surface area contributed by atoms with Gasteiger partial charge in [-0.1, -0.05) is 31.2 Å². The van der Waals surface area contributed by atoms with Crippen LogP contribution < -0.4 is 16.0 Å². The standard InChI is InChI=1S/C24H29N5O/c1-2-15-9-11-16(12-10-15)19-20-17(7-6-8-18(20)30)26-23-21(19)22(25)27-24(28-23)29-13-4-3-5-14-29/h9-12,19H,2-8,13-14H2,1H3,(H3,25,26,27,28). The lowest BCUT2D eigenvalue weighted by Crippen LogP contribution is -2.33. The van der Waals surface area contributed by atoms with Crippen molar-refractivity contribution in [3.05, 3.63) is 52.2 Å². The van der Waals surface area contributed by atoms with Gasteiger partial charge in [-0.2, -0.15) is 9.97 Å². The third kappa shape index (κ3) is 3.24. The summed E-state index contributed by atoms with van der Waals surface area (Å²) in [5, 5.41) is 3.47. The molecule has 2 aromatic rings. The molecule has 1 unspecified atom stereocenters. The molecule has 156 valence electrons. The van der Waals surface area contributed by atoms with Crippen LogP contribution in [0.5, 0.6) is 0 Å².